The third kappa shape index (κ3) is 3.37. The quantitative estimate of drug-likeness (QED) is 0.900. The van der Waals surface area contributed by atoms with Crippen LogP contribution in [0.4, 0.5) is 0 Å². The number of rotatable bonds is 5. The molecule has 1 unspecified atom stereocenters. The molecular weight excluding hydrogens is 252 g/mol. The normalized spacial score (nSPS) is 12.3. The summed E-state index contributed by atoms with van der Waals surface area (Å²) < 4.78 is 5.19. The van der Waals surface area contributed by atoms with Crippen molar-refractivity contribution in [3.63, 3.8) is 0 Å². The van der Waals surface area contributed by atoms with Crippen molar-refractivity contribution in [1.29, 1.82) is 0 Å². The number of benzene rings is 1. The summed E-state index contributed by atoms with van der Waals surface area (Å²) in [6.07, 6.45) is 2.41. The first-order valence-electron chi connectivity index (χ1n) is 5.65. The van der Waals surface area contributed by atoms with Crippen LogP contribution in [0, 0.1) is 5.92 Å². The maximum absolute atomic E-state index is 11.2. The number of carbonyl (C=O) groups is 1. The predicted molar refractivity (Wildman–Crippen MR) is 68.7 cm³/mol. The van der Waals surface area contributed by atoms with E-state index in [2.05, 4.69) is 0 Å². The summed E-state index contributed by atoms with van der Waals surface area (Å²) in [4.78, 5) is 11.2. The van der Waals surface area contributed by atoms with Crippen LogP contribution in [0.15, 0.2) is 47.1 Å². The number of carboxylic acid groups (broad SMARTS) is 1. The van der Waals surface area contributed by atoms with Gasteiger partial charge in [-0.1, -0.05) is 23.7 Å². The van der Waals surface area contributed by atoms with Gasteiger partial charge in [-0.3, -0.25) is 4.79 Å². The molecule has 0 saturated carbocycles. The zero-order valence-corrected chi connectivity index (χ0v) is 10.4. The summed E-state index contributed by atoms with van der Waals surface area (Å²) in [6.45, 7) is 0. The molecule has 0 saturated heterocycles. The minimum atomic E-state index is -0.818. The Balaban J connectivity index is 2.06. The van der Waals surface area contributed by atoms with Crippen LogP contribution >= 0.6 is 11.6 Å². The lowest BCUT2D eigenvalue weighted by molar-refractivity contribution is -0.141. The highest BCUT2D eigenvalue weighted by Gasteiger charge is 2.19. The van der Waals surface area contributed by atoms with Gasteiger partial charge in [-0.25, -0.2) is 0 Å². The second kappa shape index (κ2) is 5.74. The van der Waals surface area contributed by atoms with Crippen molar-refractivity contribution in [3.8, 4) is 0 Å². The van der Waals surface area contributed by atoms with Crippen molar-refractivity contribution in [1.82, 2.24) is 0 Å². The highest BCUT2D eigenvalue weighted by Crippen LogP contribution is 2.17. The molecule has 0 bridgehead atoms. The minimum Gasteiger partial charge on any atom is -0.481 e. The van der Waals surface area contributed by atoms with Crippen LogP contribution < -0.4 is 0 Å². The molecule has 1 heterocycles. The summed E-state index contributed by atoms with van der Waals surface area (Å²) in [5.41, 5.74) is 0.957. The van der Waals surface area contributed by atoms with E-state index in [1.807, 2.05) is 12.1 Å². The molecule has 1 aromatic carbocycles. The van der Waals surface area contributed by atoms with Crippen molar-refractivity contribution in [2.45, 2.75) is 12.8 Å². The van der Waals surface area contributed by atoms with Crippen LogP contribution in [0.25, 0.3) is 0 Å². The zero-order chi connectivity index (χ0) is 13.0. The van der Waals surface area contributed by atoms with Gasteiger partial charge in [0.25, 0.3) is 0 Å². The van der Waals surface area contributed by atoms with Gasteiger partial charge in [0, 0.05) is 11.4 Å². The van der Waals surface area contributed by atoms with Crippen molar-refractivity contribution in [2.75, 3.05) is 0 Å². The van der Waals surface area contributed by atoms with Crippen molar-refractivity contribution >= 4 is 17.6 Å². The second-order valence-electron chi connectivity index (χ2n) is 4.15. The Labute approximate surface area is 110 Å². The molecule has 1 N–H and O–H groups in total. The van der Waals surface area contributed by atoms with Crippen LogP contribution in [0.2, 0.25) is 5.02 Å². The van der Waals surface area contributed by atoms with Crippen LogP contribution in [-0.4, -0.2) is 11.1 Å². The van der Waals surface area contributed by atoms with Crippen LogP contribution in [0.1, 0.15) is 11.3 Å². The number of furan rings is 1. The lowest BCUT2D eigenvalue weighted by Gasteiger charge is -2.10. The molecule has 18 heavy (non-hydrogen) atoms. The predicted octanol–water partition coefficient (Wildman–Crippen LogP) is 3.42. The van der Waals surface area contributed by atoms with E-state index in [1.165, 1.54) is 0 Å². The van der Waals surface area contributed by atoms with E-state index in [1.54, 1.807) is 30.5 Å². The molecule has 2 aromatic rings. The maximum atomic E-state index is 11.2. The molecule has 4 heteroatoms. The molecule has 3 nitrogen and oxygen atoms in total. The molecule has 2 rings (SSSR count). The van der Waals surface area contributed by atoms with Gasteiger partial charge in [0.2, 0.25) is 0 Å². The van der Waals surface area contributed by atoms with E-state index in [4.69, 9.17) is 16.0 Å². The molecule has 0 aliphatic rings. The fraction of sp³-hybridized carbons (Fsp3) is 0.214. The first kappa shape index (κ1) is 12.7. The summed E-state index contributed by atoms with van der Waals surface area (Å²) in [7, 11) is 0. The number of carboxylic acids is 1. The average Bonchev–Trinajstić information content (AvgIpc) is 2.84. The van der Waals surface area contributed by atoms with Gasteiger partial charge in [0.15, 0.2) is 0 Å². The van der Waals surface area contributed by atoms with Gasteiger partial charge in [0.05, 0.1) is 12.2 Å². The van der Waals surface area contributed by atoms with Crippen LogP contribution in [0.3, 0.4) is 0 Å². The van der Waals surface area contributed by atoms with E-state index in [-0.39, 0.29) is 0 Å². The molecule has 0 aliphatic carbocycles. The average molecular weight is 265 g/mol. The third-order valence-electron chi connectivity index (χ3n) is 2.77. The fourth-order valence-electron chi connectivity index (χ4n) is 1.82. The topological polar surface area (TPSA) is 50.4 Å². The van der Waals surface area contributed by atoms with E-state index in [0.717, 1.165) is 5.56 Å². The highest BCUT2D eigenvalue weighted by atomic mass is 35.5. The molecule has 94 valence electrons. The van der Waals surface area contributed by atoms with Gasteiger partial charge in [0.1, 0.15) is 5.76 Å². The van der Waals surface area contributed by atoms with Gasteiger partial charge in [-0.2, -0.15) is 0 Å². The smallest absolute Gasteiger partial charge is 0.307 e. The van der Waals surface area contributed by atoms with Crippen molar-refractivity contribution < 1.29 is 14.3 Å². The van der Waals surface area contributed by atoms with Crippen molar-refractivity contribution in [2.24, 2.45) is 5.92 Å². The maximum Gasteiger partial charge on any atom is 0.307 e. The molecule has 0 aliphatic heterocycles. The Morgan fingerprint density at radius 1 is 1.22 bits per heavy atom. The van der Waals surface area contributed by atoms with Gasteiger partial charge < -0.3 is 9.52 Å². The molecule has 0 radical (unpaired) electrons. The van der Waals surface area contributed by atoms with Crippen molar-refractivity contribution in [3.05, 3.63) is 59.0 Å². The van der Waals surface area contributed by atoms with Gasteiger partial charge in [-0.15, -0.1) is 0 Å². The fourth-order valence-corrected chi connectivity index (χ4v) is 1.95. The summed E-state index contributed by atoms with van der Waals surface area (Å²) >= 11 is 5.79. The molecular formula is C14H13ClO3. The summed E-state index contributed by atoms with van der Waals surface area (Å²) in [5.74, 6) is -0.616. The van der Waals surface area contributed by atoms with E-state index < -0.39 is 11.9 Å². The first-order chi connectivity index (χ1) is 8.65. The number of halogens is 1. The molecule has 1 aromatic heterocycles. The third-order valence-corrected chi connectivity index (χ3v) is 3.02. The Bertz CT molecular complexity index is 502. The Morgan fingerprint density at radius 2 is 1.94 bits per heavy atom. The summed E-state index contributed by atoms with van der Waals surface area (Å²) in [5, 5.41) is 9.87. The van der Waals surface area contributed by atoms with Crippen LogP contribution in [0.5, 0.6) is 0 Å². The lowest BCUT2D eigenvalue weighted by Crippen LogP contribution is -2.18. The van der Waals surface area contributed by atoms with E-state index >= 15 is 0 Å². The Kier molecular flexibility index (Phi) is 4.05. The Hall–Kier alpha value is -1.74. The van der Waals surface area contributed by atoms with Crippen LogP contribution in [-0.2, 0) is 17.6 Å². The zero-order valence-electron chi connectivity index (χ0n) is 9.67. The summed E-state index contributed by atoms with van der Waals surface area (Å²) in [6, 6.07) is 10.8. The Morgan fingerprint density at radius 3 is 2.50 bits per heavy atom. The van der Waals surface area contributed by atoms with E-state index in [0.29, 0.717) is 23.6 Å². The number of hydrogen-bond acceptors (Lipinski definition) is 2. The molecule has 1 atom stereocenters. The largest absolute Gasteiger partial charge is 0.481 e. The standard InChI is InChI=1S/C14H13ClO3/c15-12-5-3-10(4-6-12)8-11(14(16)17)9-13-2-1-7-18-13/h1-7,11H,8-9H2,(H,16,17). The van der Waals surface area contributed by atoms with E-state index in [9.17, 15) is 9.90 Å². The number of hydrogen-bond donors (Lipinski definition) is 1. The molecule has 0 spiro atoms. The lowest BCUT2D eigenvalue weighted by atomic mass is 9.95. The SMILES string of the molecule is O=C(O)C(Cc1ccc(Cl)cc1)Cc1ccco1. The second-order valence-corrected chi connectivity index (χ2v) is 4.59. The molecule has 0 amide bonds. The minimum absolute atomic E-state index is 0.394. The van der Waals surface area contributed by atoms with Gasteiger partial charge >= 0.3 is 5.97 Å². The number of aliphatic carboxylic acids is 1. The first-order valence-corrected chi connectivity index (χ1v) is 6.02. The highest BCUT2D eigenvalue weighted by molar-refractivity contribution is 6.30. The van der Waals surface area contributed by atoms with Gasteiger partial charge in [-0.05, 0) is 36.2 Å². The monoisotopic (exact) mass is 264 g/mol. The molecule has 0 fully saturated rings.